The molecule has 140 valence electrons. The molecule has 6 nitrogen and oxygen atoms in total. The molecule has 27 heavy (non-hydrogen) atoms. The summed E-state index contributed by atoms with van der Waals surface area (Å²) in [5, 5.41) is 13.6. The summed E-state index contributed by atoms with van der Waals surface area (Å²) in [4.78, 5) is 15.3. The molecule has 0 saturated carbocycles. The predicted octanol–water partition coefficient (Wildman–Crippen LogP) is 3.15. The van der Waals surface area contributed by atoms with E-state index in [1.165, 1.54) is 23.5 Å². The number of pyridine rings is 1. The van der Waals surface area contributed by atoms with E-state index in [0.717, 1.165) is 0 Å². The number of nitrogens with one attached hydrogen (secondary N) is 2. The van der Waals surface area contributed by atoms with Gasteiger partial charge < -0.3 is 15.4 Å². The van der Waals surface area contributed by atoms with Crippen molar-refractivity contribution in [2.75, 3.05) is 16.9 Å². The highest BCUT2D eigenvalue weighted by Gasteiger charge is 2.33. The zero-order chi connectivity index (χ0) is 19.6. The molecule has 9 heteroatoms. The Kier molecular flexibility index (Phi) is 4.92. The van der Waals surface area contributed by atoms with Gasteiger partial charge in [0, 0.05) is 23.9 Å². The molecule has 1 aliphatic rings. The average Bonchev–Trinajstić information content (AvgIpc) is 2.96. The number of terminal acetylenes is 1. The van der Waals surface area contributed by atoms with Crippen LogP contribution < -0.4 is 15.8 Å². The number of carboxylic acids is 1. The summed E-state index contributed by atoms with van der Waals surface area (Å²) in [6.07, 6.45) is 2.13. The Morgan fingerprint density at radius 3 is 2.85 bits per heavy atom. The van der Waals surface area contributed by atoms with Gasteiger partial charge in [-0.2, -0.15) is 13.2 Å². The minimum Gasteiger partial charge on any atom is -0.478 e. The van der Waals surface area contributed by atoms with Crippen LogP contribution in [0.2, 0.25) is 0 Å². The summed E-state index contributed by atoms with van der Waals surface area (Å²) in [5.74, 6) is 1.33. The first-order valence-corrected chi connectivity index (χ1v) is 7.93. The van der Waals surface area contributed by atoms with Crippen LogP contribution in [0.5, 0.6) is 0 Å². The molecule has 0 aliphatic carbocycles. The number of fused-ring (bicyclic) bond motifs is 1. The maximum absolute atomic E-state index is 12.6. The number of aromatic nitrogens is 1. The van der Waals surface area contributed by atoms with Crippen molar-refractivity contribution in [3.05, 3.63) is 53.3 Å². The summed E-state index contributed by atoms with van der Waals surface area (Å²) < 4.78 is 37.9. The van der Waals surface area contributed by atoms with E-state index in [0.29, 0.717) is 16.8 Å². The third-order valence-electron chi connectivity index (χ3n) is 4.05. The van der Waals surface area contributed by atoms with E-state index >= 15 is 0 Å². The Morgan fingerprint density at radius 2 is 2.19 bits per heavy atom. The Labute approximate surface area is 153 Å². The van der Waals surface area contributed by atoms with Crippen LogP contribution in [0, 0.1) is 12.3 Å². The highest BCUT2D eigenvalue weighted by atomic mass is 19.4. The van der Waals surface area contributed by atoms with Gasteiger partial charge in [-0.25, -0.2) is 10.2 Å². The number of hydrazine groups is 1. The number of carbonyl (C=O) groups is 1. The van der Waals surface area contributed by atoms with E-state index in [2.05, 4.69) is 21.6 Å². The summed E-state index contributed by atoms with van der Waals surface area (Å²) >= 11 is 0. The molecular weight excluding hydrogens is 361 g/mol. The second-order valence-electron chi connectivity index (χ2n) is 5.87. The summed E-state index contributed by atoms with van der Waals surface area (Å²) in [7, 11) is 0. The molecule has 0 fully saturated rings. The van der Waals surface area contributed by atoms with Gasteiger partial charge in [0.15, 0.2) is 0 Å². The SMILES string of the molecule is C#Cc1ccc2c(c1)C(Nc1cnccc1C(=O)O)NN2CCC(F)(F)F. The molecule has 3 N–H and O–H groups in total. The Hall–Kier alpha value is -3.25. The number of aromatic carboxylic acids is 1. The van der Waals surface area contributed by atoms with E-state index < -0.39 is 24.7 Å². The third kappa shape index (κ3) is 4.12. The Bertz CT molecular complexity index is 908. The average molecular weight is 376 g/mol. The fourth-order valence-corrected chi connectivity index (χ4v) is 2.80. The molecular formula is C18H15F3N4O2. The molecule has 1 aliphatic heterocycles. The van der Waals surface area contributed by atoms with Gasteiger partial charge in [0.2, 0.25) is 0 Å². The van der Waals surface area contributed by atoms with Crippen LogP contribution in [0.4, 0.5) is 24.5 Å². The van der Waals surface area contributed by atoms with Gasteiger partial charge in [-0.05, 0) is 24.3 Å². The first-order valence-electron chi connectivity index (χ1n) is 7.93. The maximum atomic E-state index is 12.6. The first kappa shape index (κ1) is 18.5. The zero-order valence-corrected chi connectivity index (χ0v) is 13.9. The van der Waals surface area contributed by atoms with E-state index in [9.17, 15) is 23.1 Å². The molecule has 2 heterocycles. The second kappa shape index (κ2) is 7.17. The number of hydrogen-bond donors (Lipinski definition) is 3. The first-order chi connectivity index (χ1) is 12.8. The number of halogens is 3. The molecule has 1 atom stereocenters. The predicted molar refractivity (Wildman–Crippen MR) is 93.1 cm³/mol. The van der Waals surface area contributed by atoms with Gasteiger partial charge in [-0.15, -0.1) is 6.42 Å². The van der Waals surface area contributed by atoms with Crippen molar-refractivity contribution in [3.63, 3.8) is 0 Å². The van der Waals surface area contributed by atoms with Crippen LogP contribution in [-0.2, 0) is 0 Å². The van der Waals surface area contributed by atoms with Crippen LogP contribution in [0.25, 0.3) is 0 Å². The quantitative estimate of drug-likeness (QED) is 0.696. The van der Waals surface area contributed by atoms with Crippen LogP contribution in [0.3, 0.4) is 0 Å². The van der Waals surface area contributed by atoms with Crippen molar-refractivity contribution < 1.29 is 23.1 Å². The van der Waals surface area contributed by atoms with Crippen LogP contribution in [-0.4, -0.2) is 28.8 Å². The number of rotatable bonds is 5. The summed E-state index contributed by atoms with van der Waals surface area (Å²) in [6.45, 7) is -0.303. The summed E-state index contributed by atoms with van der Waals surface area (Å²) in [6, 6.07) is 6.28. The van der Waals surface area contributed by atoms with Gasteiger partial charge in [0.1, 0.15) is 6.17 Å². The lowest BCUT2D eigenvalue weighted by Gasteiger charge is -2.22. The topological polar surface area (TPSA) is 77.5 Å². The lowest BCUT2D eigenvalue weighted by atomic mass is 10.1. The summed E-state index contributed by atoms with van der Waals surface area (Å²) in [5.41, 5.74) is 4.87. The lowest BCUT2D eigenvalue weighted by Crippen LogP contribution is -2.39. The highest BCUT2D eigenvalue weighted by Crippen LogP contribution is 2.35. The van der Waals surface area contributed by atoms with Crippen molar-refractivity contribution in [1.82, 2.24) is 10.4 Å². The molecule has 2 aromatic rings. The van der Waals surface area contributed by atoms with Gasteiger partial charge in [0.25, 0.3) is 0 Å². The number of nitrogens with zero attached hydrogens (tertiary/aromatic N) is 2. The van der Waals surface area contributed by atoms with E-state index in [1.54, 1.807) is 18.2 Å². The fraction of sp³-hybridized carbons (Fsp3) is 0.222. The number of anilines is 2. The minimum absolute atomic E-state index is 0.00445. The molecule has 1 unspecified atom stereocenters. The maximum Gasteiger partial charge on any atom is 0.390 e. The van der Waals surface area contributed by atoms with E-state index in [4.69, 9.17) is 6.42 Å². The molecule has 3 rings (SSSR count). The van der Waals surface area contributed by atoms with Crippen LogP contribution >= 0.6 is 0 Å². The third-order valence-corrected chi connectivity index (χ3v) is 4.05. The molecule has 0 saturated heterocycles. The van der Waals surface area contributed by atoms with Crippen molar-refractivity contribution in [3.8, 4) is 12.3 Å². The largest absolute Gasteiger partial charge is 0.478 e. The standard InChI is InChI=1S/C18H15F3N4O2/c1-2-11-3-4-15-13(9-11)16(24-25(15)8-6-18(19,20)21)23-14-10-22-7-5-12(14)17(26)27/h1,3-5,7,9-10,16,23-24H,6,8H2,(H,26,27). The zero-order valence-electron chi connectivity index (χ0n) is 13.9. The van der Waals surface area contributed by atoms with Gasteiger partial charge in [-0.1, -0.05) is 5.92 Å². The molecule has 0 bridgehead atoms. The van der Waals surface area contributed by atoms with Gasteiger partial charge >= 0.3 is 12.1 Å². The lowest BCUT2D eigenvalue weighted by molar-refractivity contribution is -0.132. The Morgan fingerprint density at radius 1 is 1.41 bits per heavy atom. The minimum atomic E-state index is -4.30. The number of carboxylic acid groups (broad SMARTS) is 1. The van der Waals surface area contributed by atoms with Crippen LogP contribution in [0.15, 0.2) is 36.7 Å². The number of alkyl halides is 3. The highest BCUT2D eigenvalue weighted by molar-refractivity contribution is 5.94. The molecule has 1 aromatic heterocycles. The monoisotopic (exact) mass is 376 g/mol. The fourth-order valence-electron chi connectivity index (χ4n) is 2.80. The van der Waals surface area contributed by atoms with Crippen molar-refractivity contribution >= 4 is 17.3 Å². The molecule has 1 aromatic carbocycles. The van der Waals surface area contributed by atoms with Crippen LogP contribution in [0.1, 0.15) is 34.1 Å². The molecule has 0 radical (unpaired) electrons. The second-order valence-corrected chi connectivity index (χ2v) is 5.87. The molecule has 0 amide bonds. The smallest absolute Gasteiger partial charge is 0.390 e. The normalized spacial score (nSPS) is 15.9. The van der Waals surface area contributed by atoms with Crippen molar-refractivity contribution in [1.29, 1.82) is 0 Å². The van der Waals surface area contributed by atoms with E-state index in [-0.39, 0.29) is 17.8 Å². The number of benzene rings is 1. The molecule has 0 spiro atoms. The van der Waals surface area contributed by atoms with E-state index in [1.807, 2.05) is 0 Å². The van der Waals surface area contributed by atoms with Crippen molar-refractivity contribution in [2.45, 2.75) is 18.8 Å². The number of hydrogen-bond acceptors (Lipinski definition) is 5. The van der Waals surface area contributed by atoms with Gasteiger partial charge in [0.05, 0.1) is 29.6 Å². The van der Waals surface area contributed by atoms with Crippen molar-refractivity contribution in [2.24, 2.45) is 0 Å². The Balaban J connectivity index is 1.91. The van der Waals surface area contributed by atoms with Gasteiger partial charge in [-0.3, -0.25) is 4.98 Å².